The first kappa shape index (κ1) is 15.5. The Kier molecular flexibility index (Phi) is 4.30. The van der Waals surface area contributed by atoms with E-state index in [9.17, 15) is 8.42 Å². The molecule has 0 aromatic heterocycles. The smallest absolute Gasteiger partial charge is 0.180 e. The number of allylic oxidation sites excluding steroid dienone is 1. The molecular weight excluding hydrogens is 308 g/mol. The van der Waals surface area contributed by atoms with Crippen LogP contribution < -0.4 is 0 Å². The van der Waals surface area contributed by atoms with E-state index in [1.807, 2.05) is 43.3 Å². The second-order valence-corrected chi connectivity index (χ2v) is 7.38. The lowest BCUT2D eigenvalue weighted by molar-refractivity contribution is 0.310. The maximum Gasteiger partial charge on any atom is 0.180 e. The van der Waals surface area contributed by atoms with E-state index in [2.05, 4.69) is 5.10 Å². The standard InChI is InChI=1S/C18H18N2O2S/c1-2-12-20-18(17-11-7-6-8-15(17)13-19-20)14-23(21,22)16-9-4-3-5-10-16/h2-13,18H,14H2,1H3. The highest BCUT2D eigenvalue weighted by atomic mass is 32.2. The Balaban J connectivity index is 2.00. The first-order valence-electron chi connectivity index (χ1n) is 7.44. The summed E-state index contributed by atoms with van der Waals surface area (Å²) in [4.78, 5) is 0.340. The van der Waals surface area contributed by atoms with Crippen LogP contribution in [0.3, 0.4) is 0 Å². The molecule has 0 fully saturated rings. The Bertz CT molecular complexity index is 842. The highest BCUT2D eigenvalue weighted by Gasteiger charge is 2.29. The van der Waals surface area contributed by atoms with Gasteiger partial charge in [-0.1, -0.05) is 48.5 Å². The van der Waals surface area contributed by atoms with E-state index < -0.39 is 9.84 Å². The molecule has 1 atom stereocenters. The van der Waals surface area contributed by atoms with Crippen molar-refractivity contribution in [3.05, 3.63) is 78.0 Å². The summed E-state index contributed by atoms with van der Waals surface area (Å²) >= 11 is 0. The zero-order chi connectivity index (χ0) is 16.3. The number of hydrazone groups is 1. The zero-order valence-electron chi connectivity index (χ0n) is 12.8. The number of benzene rings is 2. The van der Waals surface area contributed by atoms with Crippen molar-refractivity contribution in [2.45, 2.75) is 17.9 Å². The Labute approximate surface area is 136 Å². The maximum absolute atomic E-state index is 12.8. The third-order valence-corrected chi connectivity index (χ3v) is 5.53. The van der Waals surface area contributed by atoms with Crippen LogP contribution in [-0.4, -0.2) is 25.4 Å². The van der Waals surface area contributed by atoms with Gasteiger partial charge in [-0.25, -0.2) is 8.42 Å². The van der Waals surface area contributed by atoms with E-state index in [1.54, 1.807) is 41.7 Å². The van der Waals surface area contributed by atoms with E-state index in [0.29, 0.717) is 4.90 Å². The van der Waals surface area contributed by atoms with E-state index in [0.717, 1.165) is 11.1 Å². The second-order valence-electron chi connectivity index (χ2n) is 5.35. The van der Waals surface area contributed by atoms with Gasteiger partial charge >= 0.3 is 0 Å². The molecule has 0 aliphatic carbocycles. The Hall–Kier alpha value is -2.40. The van der Waals surface area contributed by atoms with Crippen molar-refractivity contribution >= 4 is 16.1 Å². The molecule has 118 valence electrons. The molecule has 2 aromatic carbocycles. The summed E-state index contributed by atoms with van der Waals surface area (Å²) in [5, 5.41) is 6.09. The summed E-state index contributed by atoms with van der Waals surface area (Å²) in [7, 11) is -3.40. The van der Waals surface area contributed by atoms with Crippen LogP contribution in [0.1, 0.15) is 24.1 Å². The van der Waals surface area contributed by atoms with Gasteiger partial charge in [-0.05, 0) is 30.2 Å². The molecular formula is C18H18N2O2S. The van der Waals surface area contributed by atoms with E-state index >= 15 is 0 Å². The van der Waals surface area contributed by atoms with Crippen molar-refractivity contribution < 1.29 is 8.42 Å². The van der Waals surface area contributed by atoms with Gasteiger partial charge in [0.1, 0.15) is 0 Å². The summed E-state index contributed by atoms with van der Waals surface area (Å²) in [6, 6.07) is 16.0. The van der Waals surface area contributed by atoms with Gasteiger partial charge in [-0.15, -0.1) is 0 Å². The van der Waals surface area contributed by atoms with Gasteiger partial charge in [-0.3, -0.25) is 5.01 Å². The summed E-state index contributed by atoms with van der Waals surface area (Å²) < 4.78 is 25.5. The minimum Gasteiger partial charge on any atom is -0.265 e. The van der Waals surface area contributed by atoms with Crippen LogP contribution >= 0.6 is 0 Å². The highest BCUT2D eigenvalue weighted by molar-refractivity contribution is 7.91. The number of rotatable bonds is 4. The number of hydrogen-bond acceptors (Lipinski definition) is 4. The molecule has 5 heteroatoms. The topological polar surface area (TPSA) is 49.7 Å². The lowest BCUT2D eigenvalue weighted by Gasteiger charge is -2.30. The zero-order valence-corrected chi connectivity index (χ0v) is 13.6. The number of sulfone groups is 1. The molecule has 0 bridgehead atoms. The minimum atomic E-state index is -3.40. The molecule has 1 unspecified atom stereocenters. The van der Waals surface area contributed by atoms with Crippen molar-refractivity contribution in [2.75, 3.05) is 5.75 Å². The van der Waals surface area contributed by atoms with Crippen molar-refractivity contribution in [1.82, 2.24) is 5.01 Å². The van der Waals surface area contributed by atoms with E-state index in [-0.39, 0.29) is 11.8 Å². The summed E-state index contributed by atoms with van der Waals surface area (Å²) in [6.45, 7) is 1.89. The first-order chi connectivity index (χ1) is 11.1. The fourth-order valence-electron chi connectivity index (χ4n) is 2.68. The van der Waals surface area contributed by atoms with Gasteiger partial charge in [0.25, 0.3) is 0 Å². The normalized spacial score (nSPS) is 17.4. The van der Waals surface area contributed by atoms with Crippen LogP contribution in [0.5, 0.6) is 0 Å². The molecule has 0 saturated heterocycles. The quantitative estimate of drug-likeness (QED) is 0.865. The molecule has 3 rings (SSSR count). The Morgan fingerprint density at radius 2 is 1.78 bits per heavy atom. The van der Waals surface area contributed by atoms with Gasteiger partial charge in [0, 0.05) is 6.20 Å². The number of nitrogens with zero attached hydrogens (tertiary/aromatic N) is 2. The van der Waals surface area contributed by atoms with E-state index in [1.165, 1.54) is 0 Å². The van der Waals surface area contributed by atoms with Crippen LogP contribution in [0, 0.1) is 0 Å². The lowest BCUT2D eigenvalue weighted by Crippen LogP contribution is -2.29. The molecule has 0 spiro atoms. The molecule has 0 amide bonds. The summed E-state index contributed by atoms with van der Waals surface area (Å²) in [6.07, 6.45) is 5.42. The number of hydrogen-bond donors (Lipinski definition) is 0. The predicted octanol–water partition coefficient (Wildman–Crippen LogP) is 3.38. The fraction of sp³-hybridized carbons (Fsp3) is 0.167. The molecule has 2 aromatic rings. The van der Waals surface area contributed by atoms with Crippen LogP contribution in [0.25, 0.3) is 0 Å². The summed E-state index contributed by atoms with van der Waals surface area (Å²) in [5.74, 6) is -0.0181. The molecule has 1 aliphatic heterocycles. The largest absolute Gasteiger partial charge is 0.265 e. The van der Waals surface area contributed by atoms with E-state index in [4.69, 9.17) is 0 Å². The average molecular weight is 326 g/mol. The van der Waals surface area contributed by atoms with Crippen LogP contribution in [-0.2, 0) is 9.84 Å². The molecule has 23 heavy (non-hydrogen) atoms. The molecule has 1 aliphatic rings. The Morgan fingerprint density at radius 3 is 2.52 bits per heavy atom. The van der Waals surface area contributed by atoms with Crippen molar-refractivity contribution in [2.24, 2.45) is 5.10 Å². The monoisotopic (exact) mass is 326 g/mol. The third kappa shape index (κ3) is 3.19. The fourth-order valence-corrected chi connectivity index (χ4v) is 4.19. The van der Waals surface area contributed by atoms with Gasteiger partial charge in [0.2, 0.25) is 0 Å². The minimum absolute atomic E-state index is 0.0181. The molecule has 0 radical (unpaired) electrons. The SMILES string of the molecule is CC=CN1N=Cc2ccccc2C1CS(=O)(=O)c1ccccc1. The second kappa shape index (κ2) is 6.38. The molecule has 4 nitrogen and oxygen atoms in total. The number of fused-ring (bicyclic) bond motifs is 1. The third-order valence-electron chi connectivity index (χ3n) is 3.79. The van der Waals surface area contributed by atoms with Gasteiger partial charge in [-0.2, -0.15) is 5.10 Å². The lowest BCUT2D eigenvalue weighted by atomic mass is 10.0. The van der Waals surface area contributed by atoms with Gasteiger partial charge in [0.05, 0.1) is 22.9 Å². The first-order valence-corrected chi connectivity index (χ1v) is 9.09. The molecule has 1 heterocycles. The van der Waals surface area contributed by atoms with Crippen molar-refractivity contribution in [3.63, 3.8) is 0 Å². The van der Waals surface area contributed by atoms with Crippen LogP contribution in [0.4, 0.5) is 0 Å². The predicted molar refractivity (Wildman–Crippen MR) is 91.9 cm³/mol. The maximum atomic E-state index is 12.8. The van der Waals surface area contributed by atoms with Gasteiger partial charge < -0.3 is 0 Å². The molecule has 0 saturated carbocycles. The van der Waals surface area contributed by atoms with Crippen molar-refractivity contribution in [3.8, 4) is 0 Å². The van der Waals surface area contributed by atoms with Crippen LogP contribution in [0.2, 0.25) is 0 Å². The highest BCUT2D eigenvalue weighted by Crippen LogP contribution is 2.30. The Morgan fingerprint density at radius 1 is 1.09 bits per heavy atom. The van der Waals surface area contributed by atoms with Crippen LogP contribution in [0.15, 0.2) is 76.9 Å². The van der Waals surface area contributed by atoms with Gasteiger partial charge in [0.15, 0.2) is 9.84 Å². The summed E-state index contributed by atoms with van der Waals surface area (Å²) in [5.41, 5.74) is 1.93. The average Bonchev–Trinajstić information content (AvgIpc) is 2.58. The molecule has 0 N–H and O–H groups in total. The van der Waals surface area contributed by atoms with Crippen molar-refractivity contribution in [1.29, 1.82) is 0 Å².